The molecule has 0 bridgehead atoms. The Morgan fingerprint density at radius 3 is 2.82 bits per heavy atom. The summed E-state index contributed by atoms with van der Waals surface area (Å²) in [5, 5.41) is 6.40. The third-order valence-corrected chi connectivity index (χ3v) is 2.96. The fraction of sp³-hybridized carbons (Fsp3) is 0.214. The van der Waals surface area contributed by atoms with Gasteiger partial charge in [-0.05, 0) is 19.1 Å². The summed E-state index contributed by atoms with van der Waals surface area (Å²) in [7, 11) is 1.55. The zero-order valence-corrected chi connectivity index (χ0v) is 12.1. The number of aryl methyl sites for hydroxylation is 1. The van der Waals surface area contributed by atoms with Crippen LogP contribution < -0.4 is 11.1 Å². The average Bonchev–Trinajstić information content (AvgIpc) is 2.83. The molecule has 1 amide bonds. The van der Waals surface area contributed by atoms with Crippen LogP contribution in [0.3, 0.4) is 0 Å². The lowest BCUT2D eigenvalue weighted by molar-refractivity contribution is 0.0527. The lowest BCUT2D eigenvalue weighted by Crippen LogP contribution is -2.19. The summed E-state index contributed by atoms with van der Waals surface area (Å²) in [5.74, 6) is -1.81. The Morgan fingerprint density at radius 1 is 1.41 bits per heavy atom. The minimum atomic E-state index is -0.691. The second-order valence-electron chi connectivity index (χ2n) is 4.41. The number of benzene rings is 1. The first-order chi connectivity index (χ1) is 10.5. The fourth-order valence-electron chi connectivity index (χ4n) is 1.85. The summed E-state index contributed by atoms with van der Waals surface area (Å²) in [6.45, 7) is 1.86. The van der Waals surface area contributed by atoms with Gasteiger partial charge in [0.1, 0.15) is 17.2 Å². The molecule has 0 aliphatic heterocycles. The topological polar surface area (TPSA) is 99.2 Å². The molecule has 0 radical (unpaired) electrons. The van der Waals surface area contributed by atoms with Crippen LogP contribution in [-0.4, -0.2) is 28.3 Å². The van der Waals surface area contributed by atoms with Crippen molar-refractivity contribution in [1.29, 1.82) is 0 Å². The van der Waals surface area contributed by atoms with Gasteiger partial charge in [-0.25, -0.2) is 9.18 Å². The quantitative estimate of drug-likeness (QED) is 0.660. The first-order valence-corrected chi connectivity index (χ1v) is 6.50. The van der Waals surface area contributed by atoms with Gasteiger partial charge in [-0.3, -0.25) is 9.48 Å². The summed E-state index contributed by atoms with van der Waals surface area (Å²) in [6.07, 6.45) is 1.28. The number of nitrogens with zero attached hydrogens (tertiary/aromatic N) is 2. The SMILES string of the molecule is CCOC(=O)c1cnn(C)c1NC(=O)c1cccc(F)c1N. The second kappa shape index (κ2) is 6.25. The number of nitrogen functional groups attached to an aromatic ring is 1. The Morgan fingerprint density at radius 2 is 2.14 bits per heavy atom. The number of carbonyl (C=O) groups is 2. The Hall–Kier alpha value is -2.90. The highest BCUT2D eigenvalue weighted by Crippen LogP contribution is 2.20. The third kappa shape index (κ3) is 2.90. The van der Waals surface area contributed by atoms with Crippen LogP contribution in [0.15, 0.2) is 24.4 Å². The molecule has 3 N–H and O–H groups in total. The third-order valence-electron chi connectivity index (χ3n) is 2.96. The fourth-order valence-corrected chi connectivity index (χ4v) is 1.85. The van der Waals surface area contributed by atoms with Crippen LogP contribution in [0.25, 0.3) is 0 Å². The van der Waals surface area contributed by atoms with E-state index in [2.05, 4.69) is 10.4 Å². The van der Waals surface area contributed by atoms with Crippen molar-refractivity contribution in [2.45, 2.75) is 6.92 Å². The van der Waals surface area contributed by atoms with Crippen LogP contribution in [0, 0.1) is 5.82 Å². The van der Waals surface area contributed by atoms with Gasteiger partial charge in [0.05, 0.1) is 24.1 Å². The minimum Gasteiger partial charge on any atom is -0.462 e. The Balaban J connectivity index is 2.31. The molecule has 0 aliphatic carbocycles. The number of hydrogen-bond acceptors (Lipinski definition) is 5. The van der Waals surface area contributed by atoms with E-state index in [0.29, 0.717) is 0 Å². The van der Waals surface area contributed by atoms with E-state index in [1.807, 2.05) is 0 Å². The number of hydrogen-bond donors (Lipinski definition) is 2. The van der Waals surface area contributed by atoms with E-state index in [9.17, 15) is 14.0 Å². The monoisotopic (exact) mass is 306 g/mol. The molecule has 2 aromatic rings. The van der Waals surface area contributed by atoms with Crippen molar-refractivity contribution in [2.24, 2.45) is 7.05 Å². The zero-order chi connectivity index (χ0) is 16.3. The first-order valence-electron chi connectivity index (χ1n) is 6.50. The van der Waals surface area contributed by atoms with Gasteiger partial charge < -0.3 is 15.8 Å². The number of aromatic nitrogens is 2. The van der Waals surface area contributed by atoms with Crippen molar-refractivity contribution in [3.8, 4) is 0 Å². The number of nitrogens with two attached hydrogens (primary N) is 1. The van der Waals surface area contributed by atoms with Gasteiger partial charge >= 0.3 is 5.97 Å². The molecule has 0 aliphatic rings. The number of carbonyl (C=O) groups excluding carboxylic acids is 2. The van der Waals surface area contributed by atoms with E-state index in [-0.39, 0.29) is 29.2 Å². The van der Waals surface area contributed by atoms with E-state index < -0.39 is 17.7 Å². The lowest BCUT2D eigenvalue weighted by atomic mass is 10.1. The maximum atomic E-state index is 13.4. The molecule has 1 aromatic carbocycles. The maximum Gasteiger partial charge on any atom is 0.343 e. The average molecular weight is 306 g/mol. The normalized spacial score (nSPS) is 10.3. The molecule has 7 nitrogen and oxygen atoms in total. The van der Waals surface area contributed by atoms with Crippen LogP contribution in [0.5, 0.6) is 0 Å². The van der Waals surface area contributed by atoms with Crippen molar-refractivity contribution in [3.63, 3.8) is 0 Å². The van der Waals surface area contributed by atoms with E-state index in [1.54, 1.807) is 14.0 Å². The molecule has 1 aromatic heterocycles. The van der Waals surface area contributed by atoms with E-state index in [4.69, 9.17) is 10.5 Å². The van der Waals surface area contributed by atoms with Crippen molar-refractivity contribution < 1.29 is 18.7 Å². The van der Waals surface area contributed by atoms with Gasteiger partial charge in [0, 0.05) is 7.05 Å². The van der Waals surface area contributed by atoms with E-state index >= 15 is 0 Å². The summed E-state index contributed by atoms with van der Waals surface area (Å²) in [4.78, 5) is 24.0. The van der Waals surface area contributed by atoms with Crippen LogP contribution >= 0.6 is 0 Å². The molecule has 0 spiro atoms. The van der Waals surface area contributed by atoms with Gasteiger partial charge in [-0.2, -0.15) is 5.10 Å². The number of nitrogens with one attached hydrogen (secondary N) is 1. The second-order valence-corrected chi connectivity index (χ2v) is 4.41. The van der Waals surface area contributed by atoms with E-state index in [0.717, 1.165) is 6.07 Å². The molecule has 0 saturated heterocycles. The predicted octanol–water partition coefficient (Wildman–Crippen LogP) is 1.57. The van der Waals surface area contributed by atoms with Crippen LogP contribution in [0.4, 0.5) is 15.9 Å². The van der Waals surface area contributed by atoms with Gasteiger partial charge in [-0.15, -0.1) is 0 Å². The van der Waals surface area contributed by atoms with Crippen LogP contribution in [-0.2, 0) is 11.8 Å². The lowest BCUT2D eigenvalue weighted by Gasteiger charge is -2.10. The minimum absolute atomic E-state index is 0.0315. The number of anilines is 2. The van der Waals surface area contributed by atoms with Gasteiger partial charge in [0.15, 0.2) is 0 Å². The van der Waals surface area contributed by atoms with Crippen molar-refractivity contribution >= 4 is 23.4 Å². The molecule has 0 fully saturated rings. The van der Waals surface area contributed by atoms with Gasteiger partial charge in [-0.1, -0.05) is 6.07 Å². The number of ether oxygens (including phenoxy) is 1. The highest BCUT2D eigenvalue weighted by Gasteiger charge is 2.21. The molecule has 8 heteroatoms. The summed E-state index contributed by atoms with van der Waals surface area (Å²) in [6, 6.07) is 3.91. The highest BCUT2D eigenvalue weighted by molar-refractivity contribution is 6.09. The molecule has 0 unspecified atom stereocenters. The summed E-state index contributed by atoms with van der Waals surface area (Å²) < 4.78 is 19.6. The Labute approximate surface area is 125 Å². The van der Waals surface area contributed by atoms with Crippen LogP contribution in [0.2, 0.25) is 0 Å². The predicted molar refractivity (Wildman–Crippen MR) is 77.9 cm³/mol. The van der Waals surface area contributed by atoms with Crippen LogP contribution in [0.1, 0.15) is 27.6 Å². The Kier molecular flexibility index (Phi) is 4.40. The molecular formula is C14H15FN4O3. The number of amides is 1. The van der Waals surface area contributed by atoms with Gasteiger partial charge in [0.2, 0.25) is 0 Å². The largest absolute Gasteiger partial charge is 0.462 e. The number of para-hydroxylation sites is 1. The maximum absolute atomic E-state index is 13.4. The molecular weight excluding hydrogens is 291 g/mol. The first kappa shape index (κ1) is 15.5. The van der Waals surface area contributed by atoms with Crippen molar-refractivity contribution in [2.75, 3.05) is 17.7 Å². The molecule has 0 saturated carbocycles. The molecule has 2 rings (SSSR count). The summed E-state index contributed by atoms with van der Waals surface area (Å²) >= 11 is 0. The number of halogens is 1. The zero-order valence-electron chi connectivity index (χ0n) is 12.1. The van der Waals surface area contributed by atoms with Gasteiger partial charge in [0.25, 0.3) is 5.91 Å². The van der Waals surface area contributed by atoms with Crippen molar-refractivity contribution in [1.82, 2.24) is 9.78 Å². The number of rotatable bonds is 4. The smallest absolute Gasteiger partial charge is 0.343 e. The molecule has 22 heavy (non-hydrogen) atoms. The Bertz CT molecular complexity index is 727. The summed E-state index contributed by atoms with van der Waals surface area (Å²) in [5.41, 5.74) is 5.36. The molecule has 116 valence electrons. The van der Waals surface area contributed by atoms with Crippen molar-refractivity contribution in [3.05, 3.63) is 41.3 Å². The molecule has 1 heterocycles. The highest BCUT2D eigenvalue weighted by atomic mass is 19.1. The molecule has 0 atom stereocenters. The standard InChI is InChI=1S/C14H15FN4O3/c1-3-22-14(21)9-7-17-19(2)12(9)18-13(20)8-5-4-6-10(15)11(8)16/h4-7H,3,16H2,1-2H3,(H,18,20). The van der Waals surface area contributed by atoms with E-state index in [1.165, 1.54) is 23.0 Å². The number of esters is 1.